The van der Waals surface area contributed by atoms with E-state index in [0.29, 0.717) is 6.54 Å². The van der Waals surface area contributed by atoms with E-state index in [4.69, 9.17) is 10.2 Å². The highest BCUT2D eigenvalue weighted by molar-refractivity contribution is 4.39. The molecule has 0 saturated carbocycles. The molecule has 2 N–H and O–H groups in total. The van der Waals surface area contributed by atoms with Crippen LogP contribution in [0.1, 0.15) is 6.92 Å². The maximum Gasteiger partial charge on any atom is 0.102 e. The monoisotopic (exact) mass is 149 g/mol. The van der Waals surface area contributed by atoms with E-state index in [2.05, 4.69) is 0 Å². The van der Waals surface area contributed by atoms with Gasteiger partial charge in [0.25, 0.3) is 0 Å². The lowest BCUT2D eigenvalue weighted by Crippen LogP contribution is -2.46. The fourth-order valence-corrected chi connectivity index (χ4v) is 0.793. The van der Waals surface area contributed by atoms with Crippen LogP contribution >= 0.6 is 0 Å². The van der Waals surface area contributed by atoms with Gasteiger partial charge in [0.05, 0.1) is 19.8 Å². The van der Waals surface area contributed by atoms with Crippen LogP contribution in [0.5, 0.6) is 0 Å². The van der Waals surface area contributed by atoms with Gasteiger partial charge in [0, 0.05) is 0 Å². The molecule has 0 spiro atoms. The van der Waals surface area contributed by atoms with Crippen molar-refractivity contribution >= 4 is 0 Å². The largest absolute Gasteiger partial charge is 0.633 e. The molecule has 62 valence electrons. The fourth-order valence-electron chi connectivity index (χ4n) is 0.793. The Labute approximate surface area is 60.9 Å². The first-order valence-corrected chi connectivity index (χ1v) is 3.47. The Morgan fingerprint density at radius 1 is 1.20 bits per heavy atom. The zero-order valence-corrected chi connectivity index (χ0v) is 6.29. The molecule has 4 nitrogen and oxygen atoms in total. The highest BCUT2D eigenvalue weighted by atomic mass is 16.5. The lowest BCUT2D eigenvalue weighted by atomic mass is 10.4. The average molecular weight is 149 g/mol. The molecule has 0 bridgehead atoms. The molecule has 0 heterocycles. The second-order valence-corrected chi connectivity index (χ2v) is 2.27. The van der Waals surface area contributed by atoms with Crippen molar-refractivity contribution in [2.75, 3.05) is 32.8 Å². The highest BCUT2D eigenvalue weighted by Crippen LogP contribution is 2.00. The molecule has 0 aliphatic carbocycles. The molecule has 0 saturated heterocycles. The van der Waals surface area contributed by atoms with Crippen molar-refractivity contribution in [3.8, 4) is 0 Å². The molecule has 0 atom stereocenters. The first kappa shape index (κ1) is 9.84. The first-order valence-electron chi connectivity index (χ1n) is 3.47. The number of aliphatic hydroxyl groups is 2. The molecule has 0 aromatic rings. The summed E-state index contributed by atoms with van der Waals surface area (Å²) in [6.07, 6.45) is 0. The number of nitrogens with zero attached hydrogens (tertiary/aromatic N) is 1. The standard InChI is InChI=1S/C6H15NO3/c1-2-7(10,3-5-8)4-6-9/h8-9H,2-6H2,1H3. The van der Waals surface area contributed by atoms with Crippen LogP contribution in [0.2, 0.25) is 0 Å². The van der Waals surface area contributed by atoms with Crippen molar-refractivity contribution in [3.05, 3.63) is 5.21 Å². The number of hydrogen-bond acceptors (Lipinski definition) is 3. The van der Waals surface area contributed by atoms with E-state index in [-0.39, 0.29) is 26.3 Å². The summed E-state index contributed by atoms with van der Waals surface area (Å²) in [5, 5.41) is 28.2. The van der Waals surface area contributed by atoms with Crippen molar-refractivity contribution < 1.29 is 14.9 Å². The van der Waals surface area contributed by atoms with Crippen LogP contribution in [-0.2, 0) is 0 Å². The predicted octanol–water partition coefficient (Wildman–Crippen LogP) is -0.695. The highest BCUT2D eigenvalue weighted by Gasteiger charge is 2.11. The van der Waals surface area contributed by atoms with Crippen molar-refractivity contribution in [1.82, 2.24) is 0 Å². The topological polar surface area (TPSA) is 63.5 Å². The zero-order chi connectivity index (χ0) is 8.04. The molecule has 0 rings (SSSR count). The molecule has 0 radical (unpaired) electrons. The van der Waals surface area contributed by atoms with Crippen LogP contribution in [-0.4, -0.2) is 47.7 Å². The Bertz CT molecular complexity index is 81.1. The smallest absolute Gasteiger partial charge is 0.102 e. The van der Waals surface area contributed by atoms with Crippen molar-refractivity contribution in [2.24, 2.45) is 0 Å². The Morgan fingerprint density at radius 2 is 1.60 bits per heavy atom. The second-order valence-electron chi connectivity index (χ2n) is 2.27. The van der Waals surface area contributed by atoms with E-state index in [1.54, 1.807) is 6.92 Å². The minimum Gasteiger partial charge on any atom is -0.633 e. The number of quaternary nitrogens is 1. The van der Waals surface area contributed by atoms with Gasteiger partial charge in [-0.2, -0.15) is 0 Å². The Kier molecular flexibility index (Phi) is 4.55. The summed E-state index contributed by atoms with van der Waals surface area (Å²) in [7, 11) is 0. The van der Waals surface area contributed by atoms with Crippen LogP contribution in [0.15, 0.2) is 0 Å². The minimum atomic E-state index is -0.493. The lowest BCUT2D eigenvalue weighted by molar-refractivity contribution is -0.879. The number of hydrogen-bond donors (Lipinski definition) is 2. The van der Waals surface area contributed by atoms with Crippen molar-refractivity contribution in [1.29, 1.82) is 0 Å². The lowest BCUT2D eigenvalue weighted by Gasteiger charge is -2.40. The van der Waals surface area contributed by atoms with Crippen LogP contribution in [0, 0.1) is 5.21 Å². The van der Waals surface area contributed by atoms with E-state index in [1.807, 2.05) is 0 Å². The third-order valence-corrected chi connectivity index (χ3v) is 1.59. The summed E-state index contributed by atoms with van der Waals surface area (Å²) in [4.78, 5) is 0. The van der Waals surface area contributed by atoms with E-state index in [9.17, 15) is 5.21 Å². The van der Waals surface area contributed by atoms with E-state index in [1.165, 1.54) is 0 Å². The summed E-state index contributed by atoms with van der Waals surface area (Å²) in [6.45, 7) is 2.28. The maximum absolute atomic E-state index is 11.3. The normalized spacial score (nSPS) is 12.0. The van der Waals surface area contributed by atoms with Gasteiger partial charge in [-0.25, -0.2) is 0 Å². The third kappa shape index (κ3) is 3.12. The molecule has 0 aliphatic rings. The fraction of sp³-hybridized carbons (Fsp3) is 1.00. The Balaban J connectivity index is 3.69. The minimum absolute atomic E-state index is 0.114. The van der Waals surface area contributed by atoms with Gasteiger partial charge in [0.15, 0.2) is 0 Å². The maximum atomic E-state index is 11.3. The summed E-state index contributed by atoms with van der Waals surface area (Å²) in [6, 6.07) is 0. The van der Waals surface area contributed by atoms with E-state index >= 15 is 0 Å². The van der Waals surface area contributed by atoms with Gasteiger partial charge in [-0.3, -0.25) is 0 Å². The van der Waals surface area contributed by atoms with Gasteiger partial charge in [-0.1, -0.05) is 0 Å². The predicted molar refractivity (Wildman–Crippen MR) is 38.1 cm³/mol. The molecule has 0 fully saturated rings. The molecule has 4 heteroatoms. The first-order chi connectivity index (χ1) is 4.68. The molecule has 0 aromatic heterocycles. The van der Waals surface area contributed by atoms with Gasteiger partial charge in [0.1, 0.15) is 13.1 Å². The van der Waals surface area contributed by atoms with E-state index in [0.717, 1.165) is 0 Å². The molecular weight excluding hydrogens is 134 g/mol. The number of hydroxylamine groups is 3. The summed E-state index contributed by atoms with van der Waals surface area (Å²) < 4.78 is -0.493. The summed E-state index contributed by atoms with van der Waals surface area (Å²) in [5.41, 5.74) is 0. The SMILES string of the molecule is CC[N+]([O-])(CCO)CCO. The molecular formula is C6H15NO3. The van der Waals surface area contributed by atoms with Crippen LogP contribution < -0.4 is 0 Å². The Hall–Kier alpha value is -0.160. The number of aliphatic hydroxyl groups excluding tert-OH is 2. The van der Waals surface area contributed by atoms with E-state index < -0.39 is 4.65 Å². The van der Waals surface area contributed by atoms with Gasteiger partial charge >= 0.3 is 0 Å². The van der Waals surface area contributed by atoms with Gasteiger partial charge < -0.3 is 20.1 Å². The molecule has 0 aliphatic heterocycles. The summed E-state index contributed by atoms with van der Waals surface area (Å²) in [5.74, 6) is 0. The van der Waals surface area contributed by atoms with Crippen LogP contribution in [0.3, 0.4) is 0 Å². The quantitative estimate of drug-likeness (QED) is 0.401. The third-order valence-electron chi connectivity index (χ3n) is 1.59. The average Bonchev–Trinajstić information content (AvgIpc) is 1.89. The van der Waals surface area contributed by atoms with Gasteiger partial charge in [-0.15, -0.1) is 0 Å². The van der Waals surface area contributed by atoms with Crippen molar-refractivity contribution in [3.63, 3.8) is 0 Å². The van der Waals surface area contributed by atoms with Crippen LogP contribution in [0.4, 0.5) is 0 Å². The molecule has 0 unspecified atom stereocenters. The molecule has 0 aromatic carbocycles. The second kappa shape index (κ2) is 4.62. The Morgan fingerprint density at radius 3 is 1.80 bits per heavy atom. The van der Waals surface area contributed by atoms with Gasteiger partial charge in [-0.05, 0) is 6.92 Å². The molecule has 0 amide bonds. The van der Waals surface area contributed by atoms with Crippen LogP contribution in [0.25, 0.3) is 0 Å². The van der Waals surface area contributed by atoms with Gasteiger partial charge in [0.2, 0.25) is 0 Å². The van der Waals surface area contributed by atoms with Crippen molar-refractivity contribution in [2.45, 2.75) is 6.92 Å². The summed E-state index contributed by atoms with van der Waals surface area (Å²) >= 11 is 0. The molecule has 10 heavy (non-hydrogen) atoms. The number of likely N-dealkylation sites (N-methyl/N-ethyl adjacent to an activating group) is 1. The number of rotatable bonds is 5. The zero-order valence-electron chi connectivity index (χ0n) is 6.29.